The molecule has 0 unspecified atom stereocenters. The number of hydrogen-bond donors (Lipinski definition) is 1. The van der Waals surface area contributed by atoms with E-state index in [1.165, 1.54) is 13.2 Å². The summed E-state index contributed by atoms with van der Waals surface area (Å²) in [5.41, 5.74) is 1.14. The molecule has 18 heavy (non-hydrogen) atoms. The highest BCUT2D eigenvalue weighted by Crippen LogP contribution is 2.28. The Labute approximate surface area is 112 Å². The van der Waals surface area contributed by atoms with Crippen LogP contribution >= 0.6 is 15.9 Å². The zero-order valence-electron chi connectivity index (χ0n) is 9.94. The smallest absolute Gasteiger partial charge is 0.165 e. The first-order valence-corrected chi connectivity index (χ1v) is 6.03. The molecule has 0 aliphatic heterocycles. The average Bonchev–Trinajstić information content (AvgIpc) is 2.66. The fourth-order valence-corrected chi connectivity index (χ4v) is 2.08. The summed E-state index contributed by atoms with van der Waals surface area (Å²) in [4.78, 5) is 4.25. The number of rotatable bonds is 3. The maximum Gasteiger partial charge on any atom is 0.165 e. The molecule has 0 atom stereocenters. The lowest BCUT2D eigenvalue weighted by Crippen LogP contribution is -1.94. The van der Waals surface area contributed by atoms with E-state index < -0.39 is 5.82 Å². The van der Waals surface area contributed by atoms with Crippen molar-refractivity contribution in [3.8, 4) is 17.1 Å². The van der Waals surface area contributed by atoms with Crippen LogP contribution in [-0.4, -0.2) is 21.8 Å². The zero-order valence-corrected chi connectivity index (χ0v) is 11.5. The van der Waals surface area contributed by atoms with E-state index in [1.807, 2.05) is 0 Å². The summed E-state index contributed by atoms with van der Waals surface area (Å²) in [5, 5.41) is 9.14. The second kappa shape index (κ2) is 5.07. The van der Waals surface area contributed by atoms with Crippen LogP contribution in [0.5, 0.6) is 5.75 Å². The van der Waals surface area contributed by atoms with Crippen LogP contribution in [0.3, 0.4) is 0 Å². The molecule has 0 saturated carbocycles. The Balaban J connectivity index is 2.52. The van der Waals surface area contributed by atoms with Gasteiger partial charge in [-0.05, 0) is 34.1 Å². The number of benzene rings is 1. The van der Waals surface area contributed by atoms with Gasteiger partial charge in [-0.25, -0.2) is 9.37 Å². The van der Waals surface area contributed by atoms with Crippen molar-refractivity contribution in [2.75, 3.05) is 7.11 Å². The number of nitrogens with zero attached hydrogens (tertiary/aromatic N) is 2. The number of aliphatic hydroxyl groups is 1. The number of aromatic nitrogens is 2. The molecule has 1 heterocycles. The van der Waals surface area contributed by atoms with Crippen LogP contribution in [-0.2, 0) is 13.7 Å². The maximum atomic E-state index is 13.6. The molecule has 6 heteroatoms. The molecule has 1 N–H and O–H groups in total. The van der Waals surface area contributed by atoms with Crippen molar-refractivity contribution >= 4 is 15.9 Å². The van der Waals surface area contributed by atoms with Crippen LogP contribution < -0.4 is 4.74 Å². The van der Waals surface area contributed by atoms with Crippen LogP contribution in [0.4, 0.5) is 4.39 Å². The standard InChI is InChI=1S/C12H12BrFN2O2/c1-16-11(13)9(6-17)15-12(16)7-3-4-10(18-2)8(14)5-7/h3-5,17H,6H2,1-2H3. The molecular weight excluding hydrogens is 303 g/mol. The van der Waals surface area contributed by atoms with Crippen molar-refractivity contribution in [1.82, 2.24) is 9.55 Å². The van der Waals surface area contributed by atoms with E-state index in [2.05, 4.69) is 20.9 Å². The van der Waals surface area contributed by atoms with Gasteiger partial charge in [-0.1, -0.05) is 0 Å². The van der Waals surface area contributed by atoms with E-state index in [4.69, 9.17) is 9.84 Å². The van der Waals surface area contributed by atoms with E-state index >= 15 is 0 Å². The molecule has 0 radical (unpaired) electrons. The Morgan fingerprint density at radius 3 is 2.72 bits per heavy atom. The normalized spacial score (nSPS) is 10.7. The highest BCUT2D eigenvalue weighted by atomic mass is 79.9. The molecule has 0 saturated heterocycles. The second-order valence-electron chi connectivity index (χ2n) is 3.74. The Morgan fingerprint density at radius 2 is 2.22 bits per heavy atom. The largest absolute Gasteiger partial charge is 0.494 e. The third-order valence-electron chi connectivity index (χ3n) is 2.65. The van der Waals surface area contributed by atoms with Gasteiger partial charge >= 0.3 is 0 Å². The molecule has 0 fully saturated rings. The minimum absolute atomic E-state index is 0.174. The Bertz CT molecular complexity index is 584. The third kappa shape index (κ3) is 2.13. The number of ether oxygens (including phenoxy) is 1. The van der Waals surface area contributed by atoms with Crippen LogP contribution in [0.15, 0.2) is 22.8 Å². The third-order valence-corrected chi connectivity index (χ3v) is 3.64. The molecule has 1 aromatic carbocycles. The number of imidazole rings is 1. The molecule has 0 bridgehead atoms. The van der Waals surface area contributed by atoms with Crippen LogP contribution in [0.1, 0.15) is 5.69 Å². The summed E-state index contributed by atoms with van der Waals surface area (Å²) < 4.78 is 20.9. The van der Waals surface area contributed by atoms with Gasteiger partial charge in [0, 0.05) is 12.6 Å². The van der Waals surface area contributed by atoms with E-state index in [1.54, 1.807) is 23.7 Å². The Kier molecular flexibility index (Phi) is 3.68. The summed E-state index contributed by atoms with van der Waals surface area (Å²) >= 11 is 3.33. The van der Waals surface area contributed by atoms with E-state index in [9.17, 15) is 4.39 Å². The topological polar surface area (TPSA) is 47.3 Å². The molecule has 2 aromatic rings. The first kappa shape index (κ1) is 13.0. The maximum absolute atomic E-state index is 13.6. The molecule has 0 amide bonds. The van der Waals surface area contributed by atoms with E-state index in [0.717, 1.165) is 0 Å². The average molecular weight is 315 g/mol. The number of halogens is 2. The van der Waals surface area contributed by atoms with Gasteiger partial charge in [-0.15, -0.1) is 0 Å². The summed E-state index contributed by atoms with van der Waals surface area (Å²) in [7, 11) is 3.20. The number of hydrogen-bond acceptors (Lipinski definition) is 3. The molecule has 4 nitrogen and oxygen atoms in total. The molecule has 1 aromatic heterocycles. The first-order chi connectivity index (χ1) is 8.58. The minimum Gasteiger partial charge on any atom is -0.494 e. The zero-order chi connectivity index (χ0) is 13.3. The monoisotopic (exact) mass is 314 g/mol. The van der Waals surface area contributed by atoms with Crippen LogP contribution in [0.25, 0.3) is 11.4 Å². The molecular formula is C12H12BrFN2O2. The highest BCUT2D eigenvalue weighted by Gasteiger charge is 2.14. The van der Waals surface area contributed by atoms with Gasteiger partial charge in [0.2, 0.25) is 0 Å². The molecule has 2 rings (SSSR count). The predicted molar refractivity (Wildman–Crippen MR) is 68.8 cm³/mol. The van der Waals surface area contributed by atoms with Crippen molar-refractivity contribution in [1.29, 1.82) is 0 Å². The van der Waals surface area contributed by atoms with Gasteiger partial charge in [-0.3, -0.25) is 0 Å². The quantitative estimate of drug-likeness (QED) is 0.947. The molecule has 0 aliphatic carbocycles. The SMILES string of the molecule is COc1ccc(-c2nc(CO)c(Br)n2C)cc1F. The summed E-state index contributed by atoms with van der Waals surface area (Å²) in [6, 6.07) is 4.62. The fraction of sp³-hybridized carbons (Fsp3) is 0.250. The second-order valence-corrected chi connectivity index (χ2v) is 4.49. The molecule has 0 aliphatic rings. The van der Waals surface area contributed by atoms with Crippen molar-refractivity contribution in [3.63, 3.8) is 0 Å². The number of aliphatic hydroxyl groups excluding tert-OH is 1. The highest BCUT2D eigenvalue weighted by molar-refractivity contribution is 9.10. The first-order valence-electron chi connectivity index (χ1n) is 5.24. The predicted octanol–water partition coefficient (Wildman–Crippen LogP) is 2.49. The Hall–Kier alpha value is -1.40. The summed E-state index contributed by atoms with van der Waals surface area (Å²) in [5.74, 6) is 0.321. The fourth-order valence-electron chi connectivity index (χ4n) is 1.70. The van der Waals surface area contributed by atoms with Crippen LogP contribution in [0, 0.1) is 5.82 Å². The van der Waals surface area contributed by atoms with Gasteiger partial charge < -0.3 is 14.4 Å². The van der Waals surface area contributed by atoms with Crippen LogP contribution in [0.2, 0.25) is 0 Å². The van der Waals surface area contributed by atoms with Gasteiger partial charge in [0.15, 0.2) is 11.6 Å². The molecule has 0 spiro atoms. The van der Waals surface area contributed by atoms with Crippen molar-refractivity contribution < 1.29 is 14.2 Å². The van der Waals surface area contributed by atoms with Crippen molar-refractivity contribution in [3.05, 3.63) is 34.3 Å². The van der Waals surface area contributed by atoms with E-state index in [0.29, 0.717) is 21.7 Å². The minimum atomic E-state index is -0.445. The van der Waals surface area contributed by atoms with Gasteiger partial charge in [-0.2, -0.15) is 0 Å². The van der Waals surface area contributed by atoms with E-state index in [-0.39, 0.29) is 12.4 Å². The number of methoxy groups -OCH3 is 1. The lowest BCUT2D eigenvalue weighted by atomic mass is 10.2. The van der Waals surface area contributed by atoms with Crippen molar-refractivity contribution in [2.45, 2.75) is 6.61 Å². The van der Waals surface area contributed by atoms with Crippen molar-refractivity contribution in [2.24, 2.45) is 7.05 Å². The molecule has 96 valence electrons. The van der Waals surface area contributed by atoms with Gasteiger partial charge in [0.1, 0.15) is 10.4 Å². The lowest BCUT2D eigenvalue weighted by Gasteiger charge is -2.05. The summed E-state index contributed by atoms with van der Waals surface area (Å²) in [6.45, 7) is -0.174. The van der Waals surface area contributed by atoms with Gasteiger partial charge in [0.05, 0.1) is 19.4 Å². The lowest BCUT2D eigenvalue weighted by molar-refractivity contribution is 0.276. The summed E-state index contributed by atoms with van der Waals surface area (Å²) in [6.07, 6.45) is 0. The Morgan fingerprint density at radius 1 is 1.50 bits per heavy atom. The van der Waals surface area contributed by atoms with Gasteiger partial charge in [0.25, 0.3) is 0 Å².